The summed E-state index contributed by atoms with van der Waals surface area (Å²) in [5.41, 5.74) is 9.80. The van der Waals surface area contributed by atoms with Crippen LogP contribution in [0.2, 0.25) is 0 Å². The fraction of sp³-hybridized carbons (Fsp3) is 0.217. The minimum absolute atomic E-state index is 0.0901. The summed E-state index contributed by atoms with van der Waals surface area (Å²) in [6.45, 7) is 6.54. The molecule has 0 aliphatic rings. The number of hydrogen-bond donors (Lipinski definition) is 1. The molecule has 0 saturated heterocycles. The summed E-state index contributed by atoms with van der Waals surface area (Å²) in [6.07, 6.45) is 1.07. The average molecular weight is 316 g/mol. The van der Waals surface area contributed by atoms with Gasteiger partial charge in [0.1, 0.15) is 0 Å². The van der Waals surface area contributed by atoms with Gasteiger partial charge in [0.25, 0.3) is 0 Å². The van der Waals surface area contributed by atoms with Gasteiger partial charge >= 0.3 is 0 Å². The van der Waals surface area contributed by atoms with Crippen molar-refractivity contribution in [1.29, 1.82) is 0 Å². The molecule has 0 saturated carbocycles. The molecule has 0 heterocycles. The second-order valence-corrected chi connectivity index (χ2v) is 6.39. The SMILES string of the molecule is CCc1ccc(-c2ccc(-c3ccc(CO)cc3C)cc2C)cc1. The van der Waals surface area contributed by atoms with Crippen molar-refractivity contribution >= 4 is 0 Å². The van der Waals surface area contributed by atoms with Crippen LogP contribution in [0.1, 0.15) is 29.2 Å². The minimum Gasteiger partial charge on any atom is -0.392 e. The third-order valence-corrected chi connectivity index (χ3v) is 4.68. The Bertz CT molecular complexity index is 844. The van der Waals surface area contributed by atoms with Gasteiger partial charge < -0.3 is 5.11 Å². The van der Waals surface area contributed by atoms with Gasteiger partial charge in [-0.1, -0.05) is 67.6 Å². The zero-order valence-electron chi connectivity index (χ0n) is 14.6. The van der Waals surface area contributed by atoms with Crippen LogP contribution in [0.3, 0.4) is 0 Å². The van der Waals surface area contributed by atoms with E-state index in [0.717, 1.165) is 12.0 Å². The van der Waals surface area contributed by atoms with Gasteiger partial charge in [-0.05, 0) is 64.8 Å². The summed E-state index contributed by atoms with van der Waals surface area (Å²) in [5, 5.41) is 9.27. The number of hydrogen-bond acceptors (Lipinski definition) is 1. The Kier molecular flexibility index (Phi) is 4.82. The number of aliphatic hydroxyl groups is 1. The van der Waals surface area contributed by atoms with Gasteiger partial charge in [0.05, 0.1) is 6.61 Å². The van der Waals surface area contributed by atoms with E-state index in [2.05, 4.69) is 75.4 Å². The Morgan fingerprint density at radius 3 is 1.79 bits per heavy atom. The molecule has 3 aromatic carbocycles. The van der Waals surface area contributed by atoms with Crippen LogP contribution in [0.25, 0.3) is 22.3 Å². The van der Waals surface area contributed by atoms with Gasteiger partial charge in [-0.25, -0.2) is 0 Å². The first kappa shape index (κ1) is 16.5. The van der Waals surface area contributed by atoms with Crippen molar-refractivity contribution < 1.29 is 5.11 Å². The van der Waals surface area contributed by atoms with E-state index in [9.17, 15) is 5.11 Å². The maximum absolute atomic E-state index is 9.27. The smallest absolute Gasteiger partial charge is 0.0681 e. The largest absolute Gasteiger partial charge is 0.392 e. The monoisotopic (exact) mass is 316 g/mol. The van der Waals surface area contributed by atoms with Crippen molar-refractivity contribution in [3.05, 3.63) is 82.9 Å². The molecule has 0 aliphatic carbocycles. The topological polar surface area (TPSA) is 20.2 Å². The third-order valence-electron chi connectivity index (χ3n) is 4.68. The van der Waals surface area contributed by atoms with Gasteiger partial charge in [-0.2, -0.15) is 0 Å². The summed E-state index contributed by atoms with van der Waals surface area (Å²) in [6, 6.07) is 21.7. The highest BCUT2D eigenvalue weighted by atomic mass is 16.3. The third kappa shape index (κ3) is 3.27. The second kappa shape index (κ2) is 7.02. The summed E-state index contributed by atoms with van der Waals surface area (Å²) in [7, 11) is 0. The highest BCUT2D eigenvalue weighted by molar-refractivity contribution is 5.75. The van der Waals surface area contributed by atoms with Crippen LogP contribution in [-0.2, 0) is 13.0 Å². The summed E-state index contributed by atoms with van der Waals surface area (Å²) in [4.78, 5) is 0. The van der Waals surface area contributed by atoms with Crippen LogP contribution in [0.4, 0.5) is 0 Å². The molecule has 3 aromatic rings. The van der Waals surface area contributed by atoms with Crippen LogP contribution in [0.5, 0.6) is 0 Å². The van der Waals surface area contributed by atoms with Crippen molar-refractivity contribution in [2.24, 2.45) is 0 Å². The molecule has 0 bridgehead atoms. The number of benzene rings is 3. The standard InChI is InChI=1S/C23H24O/c1-4-18-5-8-20(9-6-18)22-12-10-21(14-17(22)3)23-11-7-19(15-24)13-16(23)2/h5-14,24H,4,15H2,1-3H3. The molecule has 1 nitrogen and oxygen atoms in total. The lowest BCUT2D eigenvalue weighted by atomic mass is 9.93. The van der Waals surface area contributed by atoms with E-state index >= 15 is 0 Å². The first-order valence-electron chi connectivity index (χ1n) is 8.53. The predicted molar refractivity (Wildman–Crippen MR) is 102 cm³/mol. The van der Waals surface area contributed by atoms with Gasteiger partial charge in [-0.15, -0.1) is 0 Å². The quantitative estimate of drug-likeness (QED) is 0.655. The summed E-state index contributed by atoms with van der Waals surface area (Å²) in [5.74, 6) is 0. The van der Waals surface area contributed by atoms with Crippen molar-refractivity contribution in [3.63, 3.8) is 0 Å². The molecular formula is C23H24O. The first-order chi connectivity index (χ1) is 11.6. The van der Waals surface area contributed by atoms with Crippen LogP contribution >= 0.6 is 0 Å². The molecule has 0 unspecified atom stereocenters. The summed E-state index contributed by atoms with van der Waals surface area (Å²) < 4.78 is 0. The Balaban J connectivity index is 1.97. The van der Waals surface area contributed by atoms with Gasteiger partial charge in [0.15, 0.2) is 0 Å². The molecule has 0 radical (unpaired) electrons. The molecule has 0 aliphatic heterocycles. The number of rotatable bonds is 4. The lowest BCUT2D eigenvalue weighted by Gasteiger charge is -2.12. The normalized spacial score (nSPS) is 10.8. The molecular weight excluding hydrogens is 292 g/mol. The maximum Gasteiger partial charge on any atom is 0.0681 e. The molecule has 0 aromatic heterocycles. The van der Waals surface area contributed by atoms with Crippen molar-refractivity contribution in [1.82, 2.24) is 0 Å². The van der Waals surface area contributed by atoms with Crippen LogP contribution in [0.15, 0.2) is 60.7 Å². The minimum atomic E-state index is 0.0901. The van der Waals surface area contributed by atoms with Crippen LogP contribution in [0, 0.1) is 13.8 Å². The molecule has 0 fully saturated rings. The maximum atomic E-state index is 9.27. The van der Waals surface area contributed by atoms with Crippen molar-refractivity contribution in [2.75, 3.05) is 0 Å². The molecule has 122 valence electrons. The van der Waals surface area contributed by atoms with Crippen LogP contribution < -0.4 is 0 Å². The van der Waals surface area contributed by atoms with Crippen molar-refractivity contribution in [3.8, 4) is 22.3 Å². The van der Waals surface area contributed by atoms with Gasteiger partial charge in [0, 0.05) is 0 Å². The Labute approximate surface area is 144 Å². The Morgan fingerprint density at radius 1 is 0.667 bits per heavy atom. The lowest BCUT2D eigenvalue weighted by Crippen LogP contribution is -1.90. The molecule has 1 heteroatoms. The first-order valence-corrected chi connectivity index (χ1v) is 8.53. The van der Waals surface area contributed by atoms with E-state index in [1.165, 1.54) is 38.9 Å². The fourth-order valence-corrected chi connectivity index (χ4v) is 3.22. The lowest BCUT2D eigenvalue weighted by molar-refractivity contribution is 0.282. The highest BCUT2D eigenvalue weighted by Gasteiger charge is 2.07. The van der Waals surface area contributed by atoms with E-state index in [1.807, 2.05) is 6.07 Å². The van der Waals surface area contributed by atoms with E-state index in [-0.39, 0.29) is 6.61 Å². The zero-order chi connectivity index (χ0) is 17.1. The van der Waals surface area contributed by atoms with E-state index in [1.54, 1.807) is 0 Å². The van der Waals surface area contributed by atoms with Gasteiger partial charge in [-0.3, -0.25) is 0 Å². The molecule has 0 spiro atoms. The number of aryl methyl sites for hydroxylation is 3. The fourth-order valence-electron chi connectivity index (χ4n) is 3.22. The van der Waals surface area contributed by atoms with Crippen LogP contribution in [-0.4, -0.2) is 5.11 Å². The Morgan fingerprint density at radius 2 is 1.21 bits per heavy atom. The molecule has 0 amide bonds. The average Bonchev–Trinajstić information content (AvgIpc) is 2.61. The van der Waals surface area contributed by atoms with E-state index in [4.69, 9.17) is 0 Å². The summed E-state index contributed by atoms with van der Waals surface area (Å²) >= 11 is 0. The molecule has 1 N–H and O–H groups in total. The highest BCUT2D eigenvalue weighted by Crippen LogP contribution is 2.30. The molecule has 24 heavy (non-hydrogen) atoms. The van der Waals surface area contributed by atoms with E-state index < -0.39 is 0 Å². The predicted octanol–water partition coefficient (Wildman–Crippen LogP) is 5.69. The second-order valence-electron chi connectivity index (χ2n) is 6.39. The van der Waals surface area contributed by atoms with Gasteiger partial charge in [0.2, 0.25) is 0 Å². The Hall–Kier alpha value is -2.38. The molecule has 0 atom stereocenters. The number of aliphatic hydroxyl groups excluding tert-OH is 1. The zero-order valence-corrected chi connectivity index (χ0v) is 14.6. The van der Waals surface area contributed by atoms with Crippen molar-refractivity contribution in [2.45, 2.75) is 33.8 Å². The molecule has 3 rings (SSSR count). The van der Waals surface area contributed by atoms with E-state index in [0.29, 0.717) is 0 Å².